The first-order chi connectivity index (χ1) is 10.7. The zero-order chi connectivity index (χ0) is 15.4. The summed E-state index contributed by atoms with van der Waals surface area (Å²) in [5.41, 5.74) is 1.96. The number of benzene rings is 1. The van der Waals surface area contributed by atoms with E-state index in [1.807, 2.05) is 31.2 Å². The number of nitrogens with zero attached hydrogens (tertiary/aromatic N) is 1. The molecule has 1 aromatic carbocycles. The molecule has 3 heteroatoms. The Bertz CT molecular complexity index is 483. The zero-order valence-corrected chi connectivity index (χ0v) is 13.7. The molecule has 2 aliphatic rings. The molecule has 3 rings (SSSR count). The van der Waals surface area contributed by atoms with Crippen LogP contribution in [0.1, 0.15) is 54.4 Å². The van der Waals surface area contributed by atoms with E-state index in [1.54, 1.807) is 0 Å². The van der Waals surface area contributed by atoms with Crippen LogP contribution in [0, 0.1) is 12.8 Å². The van der Waals surface area contributed by atoms with Crippen molar-refractivity contribution in [1.82, 2.24) is 10.2 Å². The molecule has 0 atom stereocenters. The smallest absolute Gasteiger partial charge is 0.251 e. The van der Waals surface area contributed by atoms with Crippen LogP contribution >= 0.6 is 0 Å². The summed E-state index contributed by atoms with van der Waals surface area (Å²) in [7, 11) is 0. The molecule has 1 aliphatic carbocycles. The average Bonchev–Trinajstić information content (AvgIpc) is 3.08. The van der Waals surface area contributed by atoms with Crippen molar-refractivity contribution in [2.45, 2.75) is 51.5 Å². The Morgan fingerprint density at radius 2 is 1.73 bits per heavy atom. The molecular formula is C19H28N2O. The van der Waals surface area contributed by atoms with Gasteiger partial charge in [-0.15, -0.1) is 0 Å². The van der Waals surface area contributed by atoms with Crippen molar-refractivity contribution in [3.63, 3.8) is 0 Å². The predicted molar refractivity (Wildman–Crippen MR) is 90.1 cm³/mol. The summed E-state index contributed by atoms with van der Waals surface area (Å²) in [6.45, 7) is 5.30. The summed E-state index contributed by atoms with van der Waals surface area (Å²) in [5, 5.41) is 3.12. The van der Waals surface area contributed by atoms with Gasteiger partial charge in [-0.2, -0.15) is 0 Å². The third-order valence-corrected chi connectivity index (χ3v) is 5.36. The van der Waals surface area contributed by atoms with Crippen LogP contribution < -0.4 is 5.32 Å². The lowest BCUT2D eigenvalue weighted by molar-refractivity contribution is 0.0924. The first-order valence-corrected chi connectivity index (χ1v) is 8.81. The monoisotopic (exact) mass is 300 g/mol. The molecule has 1 aromatic rings. The van der Waals surface area contributed by atoms with E-state index < -0.39 is 0 Å². The maximum Gasteiger partial charge on any atom is 0.251 e. The van der Waals surface area contributed by atoms with E-state index in [-0.39, 0.29) is 5.91 Å². The van der Waals surface area contributed by atoms with Crippen molar-refractivity contribution in [3.8, 4) is 0 Å². The van der Waals surface area contributed by atoms with Gasteiger partial charge in [0.15, 0.2) is 0 Å². The number of aryl methyl sites for hydroxylation is 1. The lowest BCUT2D eigenvalue weighted by Gasteiger charge is -2.36. The number of nitrogens with one attached hydrogen (secondary N) is 1. The largest absolute Gasteiger partial charge is 0.352 e. The van der Waals surface area contributed by atoms with E-state index in [0.717, 1.165) is 18.2 Å². The Morgan fingerprint density at radius 3 is 2.36 bits per heavy atom. The van der Waals surface area contributed by atoms with Crippen LogP contribution in [0.4, 0.5) is 0 Å². The van der Waals surface area contributed by atoms with Gasteiger partial charge >= 0.3 is 0 Å². The van der Waals surface area contributed by atoms with E-state index in [2.05, 4.69) is 10.2 Å². The van der Waals surface area contributed by atoms with E-state index in [1.165, 1.54) is 57.2 Å². The number of amides is 1. The number of hydrogen-bond acceptors (Lipinski definition) is 2. The first-order valence-electron chi connectivity index (χ1n) is 8.81. The highest BCUT2D eigenvalue weighted by atomic mass is 16.1. The molecule has 1 heterocycles. The third kappa shape index (κ3) is 3.89. The fraction of sp³-hybridized carbons (Fsp3) is 0.632. The fourth-order valence-electron chi connectivity index (χ4n) is 3.84. The van der Waals surface area contributed by atoms with Gasteiger partial charge in [0.05, 0.1) is 0 Å². The van der Waals surface area contributed by atoms with Crippen LogP contribution in [0.15, 0.2) is 24.3 Å². The van der Waals surface area contributed by atoms with Gasteiger partial charge in [-0.1, -0.05) is 30.5 Å². The molecular weight excluding hydrogens is 272 g/mol. The molecule has 0 radical (unpaired) electrons. The van der Waals surface area contributed by atoms with E-state index in [0.29, 0.717) is 5.92 Å². The van der Waals surface area contributed by atoms with E-state index >= 15 is 0 Å². The number of hydrogen-bond donors (Lipinski definition) is 1. The van der Waals surface area contributed by atoms with Gasteiger partial charge < -0.3 is 10.2 Å². The van der Waals surface area contributed by atoms with Crippen LogP contribution in [-0.2, 0) is 0 Å². The summed E-state index contributed by atoms with van der Waals surface area (Å²) in [5.74, 6) is 0.713. The van der Waals surface area contributed by atoms with Crippen LogP contribution in [-0.4, -0.2) is 36.5 Å². The second-order valence-corrected chi connectivity index (χ2v) is 6.99. The highest BCUT2D eigenvalue weighted by Gasteiger charge is 2.27. The summed E-state index contributed by atoms with van der Waals surface area (Å²) in [4.78, 5) is 14.8. The molecule has 3 nitrogen and oxygen atoms in total. The molecule has 1 amide bonds. The molecule has 1 N–H and O–H groups in total. The zero-order valence-electron chi connectivity index (χ0n) is 13.7. The summed E-state index contributed by atoms with van der Waals surface area (Å²) >= 11 is 0. The maximum absolute atomic E-state index is 12.2. The summed E-state index contributed by atoms with van der Waals surface area (Å²) < 4.78 is 0. The van der Waals surface area contributed by atoms with Gasteiger partial charge in [0.25, 0.3) is 5.91 Å². The van der Waals surface area contributed by atoms with E-state index in [9.17, 15) is 4.79 Å². The topological polar surface area (TPSA) is 32.3 Å². The second-order valence-electron chi connectivity index (χ2n) is 6.99. The average molecular weight is 300 g/mol. The van der Waals surface area contributed by atoms with Crippen molar-refractivity contribution in [2.24, 2.45) is 5.92 Å². The van der Waals surface area contributed by atoms with Crippen molar-refractivity contribution in [2.75, 3.05) is 19.6 Å². The van der Waals surface area contributed by atoms with Crippen LogP contribution in [0.25, 0.3) is 0 Å². The quantitative estimate of drug-likeness (QED) is 0.924. The molecule has 0 aromatic heterocycles. The third-order valence-electron chi connectivity index (χ3n) is 5.36. The molecule has 1 saturated heterocycles. The predicted octanol–water partition coefficient (Wildman–Crippen LogP) is 3.38. The van der Waals surface area contributed by atoms with Gasteiger partial charge in [0, 0.05) is 18.2 Å². The molecule has 1 saturated carbocycles. The number of carbonyl (C=O) groups excluding carboxylic acids is 1. The summed E-state index contributed by atoms with van der Waals surface area (Å²) in [6.07, 6.45) is 8.08. The number of rotatable bonds is 4. The van der Waals surface area contributed by atoms with Crippen molar-refractivity contribution in [3.05, 3.63) is 35.4 Å². The van der Waals surface area contributed by atoms with Crippen molar-refractivity contribution < 1.29 is 4.79 Å². The van der Waals surface area contributed by atoms with Crippen molar-refractivity contribution >= 4 is 5.91 Å². The first kappa shape index (κ1) is 15.5. The van der Waals surface area contributed by atoms with Crippen LogP contribution in [0.3, 0.4) is 0 Å². The number of likely N-dealkylation sites (tertiary alicyclic amines) is 1. The maximum atomic E-state index is 12.2. The van der Waals surface area contributed by atoms with Gasteiger partial charge in [-0.25, -0.2) is 0 Å². The Kier molecular flexibility index (Phi) is 5.14. The van der Waals surface area contributed by atoms with Crippen LogP contribution in [0.2, 0.25) is 0 Å². The number of piperidine rings is 1. The lowest BCUT2D eigenvalue weighted by Crippen LogP contribution is -2.42. The molecule has 2 fully saturated rings. The Hall–Kier alpha value is -1.35. The Balaban J connectivity index is 1.41. The summed E-state index contributed by atoms with van der Waals surface area (Å²) in [6, 6.07) is 8.66. The Morgan fingerprint density at radius 1 is 1.09 bits per heavy atom. The number of carbonyl (C=O) groups is 1. The minimum atomic E-state index is 0.0678. The molecule has 0 bridgehead atoms. The molecule has 0 spiro atoms. The highest BCUT2D eigenvalue weighted by Crippen LogP contribution is 2.27. The standard InChI is InChI=1S/C19H28N2O/c1-15-6-8-17(9-7-15)19(22)20-14-16-10-12-21(13-11-16)18-4-2-3-5-18/h6-9,16,18H,2-5,10-14H2,1H3,(H,20,22). The minimum absolute atomic E-state index is 0.0678. The second kappa shape index (κ2) is 7.28. The molecule has 1 aliphatic heterocycles. The molecule has 0 unspecified atom stereocenters. The Labute approximate surface area is 134 Å². The molecule has 120 valence electrons. The minimum Gasteiger partial charge on any atom is -0.352 e. The fourth-order valence-corrected chi connectivity index (χ4v) is 3.84. The lowest BCUT2D eigenvalue weighted by atomic mass is 9.95. The highest BCUT2D eigenvalue weighted by molar-refractivity contribution is 5.94. The van der Waals surface area contributed by atoms with Gasteiger partial charge in [-0.3, -0.25) is 4.79 Å². The van der Waals surface area contributed by atoms with Gasteiger partial charge in [-0.05, 0) is 63.7 Å². The van der Waals surface area contributed by atoms with Gasteiger partial charge in [0.2, 0.25) is 0 Å². The SMILES string of the molecule is Cc1ccc(C(=O)NCC2CCN(C3CCCC3)CC2)cc1. The van der Waals surface area contributed by atoms with Crippen molar-refractivity contribution in [1.29, 1.82) is 0 Å². The van der Waals surface area contributed by atoms with Gasteiger partial charge in [0.1, 0.15) is 0 Å². The van der Waals surface area contributed by atoms with Crippen LogP contribution in [0.5, 0.6) is 0 Å². The normalized spacial score (nSPS) is 21.1. The molecule has 22 heavy (non-hydrogen) atoms. The van der Waals surface area contributed by atoms with E-state index in [4.69, 9.17) is 0 Å².